The maximum atomic E-state index is 9.24. The number of hydrogen-bond acceptors (Lipinski definition) is 4. The maximum absolute atomic E-state index is 9.24. The summed E-state index contributed by atoms with van der Waals surface area (Å²) in [7, 11) is 0. The van der Waals surface area contributed by atoms with Crippen LogP contribution in [-0.2, 0) is 11.3 Å². The Morgan fingerprint density at radius 2 is 2.50 bits per heavy atom. The van der Waals surface area contributed by atoms with E-state index in [0.717, 1.165) is 18.7 Å². The van der Waals surface area contributed by atoms with Crippen LogP contribution in [-0.4, -0.2) is 47.4 Å². The molecule has 0 spiro atoms. The van der Waals surface area contributed by atoms with E-state index < -0.39 is 0 Å². The van der Waals surface area contributed by atoms with Gasteiger partial charge in [0.25, 0.3) is 0 Å². The van der Waals surface area contributed by atoms with Gasteiger partial charge in [0, 0.05) is 25.5 Å². The Morgan fingerprint density at radius 3 is 3.25 bits per heavy atom. The largest absolute Gasteiger partial charge is 0.395 e. The predicted molar refractivity (Wildman–Crippen MR) is 61.3 cm³/mol. The average Bonchev–Trinajstić information content (AvgIpc) is 2.33. The van der Waals surface area contributed by atoms with Crippen LogP contribution < -0.4 is 0 Å². The van der Waals surface area contributed by atoms with Gasteiger partial charge in [0.1, 0.15) is 0 Å². The summed E-state index contributed by atoms with van der Waals surface area (Å²) in [5.74, 6) is 0. The lowest BCUT2D eigenvalue weighted by Gasteiger charge is -2.34. The molecule has 1 atom stereocenters. The van der Waals surface area contributed by atoms with Gasteiger partial charge in [0.05, 0.1) is 30.9 Å². The van der Waals surface area contributed by atoms with Crippen molar-refractivity contribution < 1.29 is 9.84 Å². The summed E-state index contributed by atoms with van der Waals surface area (Å²) >= 11 is 6.05. The van der Waals surface area contributed by atoms with Gasteiger partial charge >= 0.3 is 0 Å². The summed E-state index contributed by atoms with van der Waals surface area (Å²) < 4.78 is 5.32. The third-order valence-electron chi connectivity index (χ3n) is 2.79. The minimum absolute atomic E-state index is 0.0676. The van der Waals surface area contributed by atoms with Crippen molar-refractivity contribution in [2.24, 2.45) is 0 Å². The fraction of sp³-hybridized carbons (Fsp3) is 0.545. The van der Waals surface area contributed by atoms with Gasteiger partial charge in [-0.1, -0.05) is 11.6 Å². The van der Waals surface area contributed by atoms with Gasteiger partial charge in [-0.3, -0.25) is 9.88 Å². The highest BCUT2D eigenvalue weighted by atomic mass is 35.5. The van der Waals surface area contributed by atoms with Crippen LogP contribution in [0.25, 0.3) is 0 Å². The first-order valence-electron chi connectivity index (χ1n) is 5.32. The molecule has 1 aromatic heterocycles. The van der Waals surface area contributed by atoms with E-state index >= 15 is 0 Å². The van der Waals surface area contributed by atoms with E-state index in [2.05, 4.69) is 9.88 Å². The van der Waals surface area contributed by atoms with Crippen LogP contribution in [0.2, 0.25) is 5.02 Å². The quantitative estimate of drug-likeness (QED) is 0.857. The monoisotopic (exact) mass is 242 g/mol. The van der Waals surface area contributed by atoms with Crippen LogP contribution in [0.3, 0.4) is 0 Å². The summed E-state index contributed by atoms with van der Waals surface area (Å²) in [6.45, 7) is 2.96. The Balaban J connectivity index is 2.05. The van der Waals surface area contributed by atoms with E-state index in [4.69, 9.17) is 16.3 Å². The molecule has 1 aromatic rings. The fourth-order valence-electron chi connectivity index (χ4n) is 1.82. The summed E-state index contributed by atoms with van der Waals surface area (Å²) in [5, 5.41) is 9.91. The number of aromatic nitrogens is 1. The summed E-state index contributed by atoms with van der Waals surface area (Å²) in [6, 6.07) is 1.98. The second-order valence-corrected chi connectivity index (χ2v) is 4.26. The van der Waals surface area contributed by atoms with E-state index in [1.807, 2.05) is 6.07 Å². The molecule has 0 saturated carbocycles. The van der Waals surface area contributed by atoms with Crippen LogP contribution in [0.15, 0.2) is 18.5 Å². The molecule has 0 bridgehead atoms. The standard InChI is InChI=1S/C11H15ClN2O2/c12-11-5-13-2-1-9(11)6-14-3-4-16-8-10(14)7-15/h1-2,5,10,15H,3-4,6-8H2. The van der Waals surface area contributed by atoms with Crippen molar-refractivity contribution in [3.8, 4) is 0 Å². The molecule has 4 nitrogen and oxygen atoms in total. The van der Waals surface area contributed by atoms with Crippen molar-refractivity contribution in [2.75, 3.05) is 26.4 Å². The second kappa shape index (κ2) is 5.59. The Labute approximate surface area is 99.8 Å². The van der Waals surface area contributed by atoms with Crippen LogP contribution >= 0.6 is 11.6 Å². The molecule has 1 fully saturated rings. The summed E-state index contributed by atoms with van der Waals surface area (Å²) in [5.41, 5.74) is 1.04. The van der Waals surface area contributed by atoms with Crippen LogP contribution in [0.1, 0.15) is 5.56 Å². The SMILES string of the molecule is OCC1COCCN1Cc1ccncc1Cl. The first-order valence-corrected chi connectivity index (χ1v) is 5.70. The lowest BCUT2D eigenvalue weighted by molar-refractivity contribution is -0.0312. The minimum atomic E-state index is 0.0676. The molecule has 1 aliphatic heterocycles. The average molecular weight is 243 g/mol. The first kappa shape index (κ1) is 11.8. The molecule has 0 aliphatic carbocycles. The Morgan fingerprint density at radius 1 is 1.62 bits per heavy atom. The number of pyridine rings is 1. The molecule has 0 amide bonds. The van der Waals surface area contributed by atoms with E-state index in [1.165, 1.54) is 0 Å². The molecular weight excluding hydrogens is 228 g/mol. The predicted octanol–water partition coefficient (Wildman–Crippen LogP) is 0.928. The van der Waals surface area contributed by atoms with Crippen molar-refractivity contribution in [2.45, 2.75) is 12.6 Å². The third kappa shape index (κ3) is 2.71. The van der Waals surface area contributed by atoms with Crippen molar-refractivity contribution in [3.63, 3.8) is 0 Å². The van der Waals surface area contributed by atoms with E-state index in [-0.39, 0.29) is 12.6 Å². The molecule has 5 heteroatoms. The molecule has 88 valence electrons. The smallest absolute Gasteiger partial charge is 0.0644 e. The zero-order chi connectivity index (χ0) is 11.4. The Bertz CT molecular complexity index is 349. The minimum Gasteiger partial charge on any atom is -0.395 e. The summed E-state index contributed by atoms with van der Waals surface area (Å²) in [6.07, 6.45) is 3.38. The van der Waals surface area contributed by atoms with Crippen LogP contribution in [0.5, 0.6) is 0 Å². The molecule has 0 aromatic carbocycles. The van der Waals surface area contributed by atoms with Gasteiger partial charge in [-0.05, 0) is 11.6 Å². The van der Waals surface area contributed by atoms with Gasteiger partial charge in [-0.15, -0.1) is 0 Å². The van der Waals surface area contributed by atoms with Crippen molar-refractivity contribution in [1.29, 1.82) is 0 Å². The van der Waals surface area contributed by atoms with Crippen LogP contribution in [0, 0.1) is 0 Å². The number of aliphatic hydroxyl groups is 1. The molecule has 1 N–H and O–H groups in total. The number of halogens is 1. The van der Waals surface area contributed by atoms with E-state index in [0.29, 0.717) is 18.2 Å². The van der Waals surface area contributed by atoms with Gasteiger partial charge < -0.3 is 9.84 Å². The molecule has 1 saturated heterocycles. The highest BCUT2D eigenvalue weighted by Gasteiger charge is 2.22. The molecule has 1 aliphatic rings. The highest BCUT2D eigenvalue weighted by Crippen LogP contribution is 2.18. The second-order valence-electron chi connectivity index (χ2n) is 3.85. The number of morpholine rings is 1. The van der Waals surface area contributed by atoms with Gasteiger partial charge in [0.15, 0.2) is 0 Å². The molecule has 16 heavy (non-hydrogen) atoms. The van der Waals surface area contributed by atoms with Gasteiger partial charge in [-0.2, -0.15) is 0 Å². The molecule has 2 rings (SSSR count). The van der Waals surface area contributed by atoms with Gasteiger partial charge in [0.2, 0.25) is 0 Å². The zero-order valence-electron chi connectivity index (χ0n) is 8.97. The normalized spacial score (nSPS) is 22.2. The van der Waals surface area contributed by atoms with Crippen molar-refractivity contribution in [3.05, 3.63) is 29.0 Å². The first-order chi connectivity index (χ1) is 7.81. The van der Waals surface area contributed by atoms with Gasteiger partial charge in [-0.25, -0.2) is 0 Å². The zero-order valence-corrected chi connectivity index (χ0v) is 9.73. The Kier molecular flexibility index (Phi) is 4.12. The third-order valence-corrected chi connectivity index (χ3v) is 3.13. The molecular formula is C11H15ClN2O2. The lowest BCUT2D eigenvalue weighted by atomic mass is 10.2. The number of rotatable bonds is 3. The summed E-state index contributed by atoms with van der Waals surface area (Å²) in [4.78, 5) is 6.14. The van der Waals surface area contributed by atoms with Crippen LogP contribution in [0.4, 0.5) is 0 Å². The molecule has 1 unspecified atom stereocenters. The van der Waals surface area contributed by atoms with E-state index in [1.54, 1.807) is 12.4 Å². The van der Waals surface area contributed by atoms with E-state index in [9.17, 15) is 5.11 Å². The number of hydrogen-bond donors (Lipinski definition) is 1. The fourth-order valence-corrected chi connectivity index (χ4v) is 2.00. The van der Waals surface area contributed by atoms with Crippen molar-refractivity contribution in [1.82, 2.24) is 9.88 Å². The maximum Gasteiger partial charge on any atom is 0.0644 e. The number of ether oxygens (including phenoxy) is 1. The number of nitrogens with zero attached hydrogens (tertiary/aromatic N) is 2. The molecule has 2 heterocycles. The lowest BCUT2D eigenvalue weighted by Crippen LogP contribution is -2.46. The topological polar surface area (TPSA) is 45.6 Å². The molecule has 0 radical (unpaired) electrons. The Hall–Kier alpha value is -0.680. The van der Waals surface area contributed by atoms with Crippen molar-refractivity contribution >= 4 is 11.6 Å². The highest BCUT2D eigenvalue weighted by molar-refractivity contribution is 6.31. The number of aliphatic hydroxyl groups excluding tert-OH is 1.